The Bertz CT molecular complexity index is 472. The molecule has 110 valence electrons. The van der Waals surface area contributed by atoms with Crippen molar-refractivity contribution in [2.45, 2.75) is 31.7 Å². The normalized spacial score (nSPS) is 14.7. The molecule has 0 spiro atoms. The predicted molar refractivity (Wildman–Crippen MR) is 77.8 cm³/mol. The molecule has 1 amide bonds. The Hall–Kier alpha value is -1.75. The third-order valence-corrected chi connectivity index (χ3v) is 3.82. The summed E-state index contributed by atoms with van der Waals surface area (Å²) in [5.41, 5.74) is 6.89. The Morgan fingerprint density at radius 1 is 1.50 bits per heavy atom. The Labute approximate surface area is 119 Å². The Morgan fingerprint density at radius 2 is 2.25 bits per heavy atom. The summed E-state index contributed by atoms with van der Waals surface area (Å²) >= 11 is 0. The fourth-order valence-electron chi connectivity index (χ4n) is 2.41. The van der Waals surface area contributed by atoms with E-state index in [0.29, 0.717) is 30.0 Å². The quantitative estimate of drug-likeness (QED) is 0.776. The molecule has 5 nitrogen and oxygen atoms in total. The largest absolute Gasteiger partial charge is 0.497 e. The number of rotatable bonds is 6. The average Bonchev–Trinajstić information content (AvgIpc) is 2.40. The van der Waals surface area contributed by atoms with E-state index in [4.69, 9.17) is 15.6 Å². The lowest BCUT2D eigenvalue weighted by atomic mass is 9.90. The van der Waals surface area contributed by atoms with Crippen LogP contribution < -0.4 is 10.5 Å². The highest BCUT2D eigenvalue weighted by molar-refractivity contribution is 5.99. The third kappa shape index (κ3) is 3.04. The summed E-state index contributed by atoms with van der Waals surface area (Å²) < 4.78 is 5.10. The van der Waals surface area contributed by atoms with Gasteiger partial charge in [-0.25, -0.2) is 0 Å². The number of hydrogen-bond acceptors (Lipinski definition) is 4. The first-order valence-electron chi connectivity index (χ1n) is 7.02. The Kier molecular flexibility index (Phi) is 4.84. The summed E-state index contributed by atoms with van der Waals surface area (Å²) in [6.45, 7) is 0.667. The van der Waals surface area contributed by atoms with Crippen LogP contribution in [0.4, 0.5) is 5.69 Å². The highest BCUT2D eigenvalue weighted by Crippen LogP contribution is 2.28. The molecule has 0 unspecified atom stereocenters. The minimum absolute atomic E-state index is 0.0525. The maximum absolute atomic E-state index is 12.6. The standard InChI is InChI=1S/C15H22N2O3/c1-20-12-6-7-13(14(16)10-12)15(19)17(8-3-9-18)11-4-2-5-11/h6-7,10-11,18H,2-5,8-9,16H2,1H3. The summed E-state index contributed by atoms with van der Waals surface area (Å²) in [4.78, 5) is 14.5. The molecule has 0 heterocycles. The molecule has 3 N–H and O–H groups in total. The van der Waals surface area contributed by atoms with Crippen LogP contribution in [-0.2, 0) is 0 Å². The SMILES string of the molecule is COc1ccc(C(=O)N(CCCO)C2CCC2)c(N)c1. The summed E-state index contributed by atoms with van der Waals surface area (Å²) in [6.07, 6.45) is 3.82. The van der Waals surface area contributed by atoms with E-state index in [2.05, 4.69) is 0 Å². The van der Waals surface area contributed by atoms with Crippen LogP contribution in [0.3, 0.4) is 0 Å². The van der Waals surface area contributed by atoms with Crippen LogP contribution in [0.1, 0.15) is 36.0 Å². The molecule has 1 saturated carbocycles. The molecule has 1 aromatic rings. The first kappa shape index (κ1) is 14.7. The molecular formula is C15H22N2O3. The molecule has 1 fully saturated rings. The minimum atomic E-state index is -0.0525. The molecule has 0 atom stereocenters. The van der Waals surface area contributed by atoms with Gasteiger partial charge in [0.05, 0.1) is 12.7 Å². The van der Waals surface area contributed by atoms with Crippen molar-refractivity contribution in [2.24, 2.45) is 0 Å². The molecule has 0 saturated heterocycles. The molecule has 0 aliphatic heterocycles. The van der Waals surface area contributed by atoms with E-state index in [9.17, 15) is 4.79 Å². The van der Waals surface area contributed by atoms with Gasteiger partial charge in [-0.1, -0.05) is 0 Å². The summed E-state index contributed by atoms with van der Waals surface area (Å²) in [7, 11) is 1.57. The number of methoxy groups -OCH3 is 1. The number of benzene rings is 1. The molecule has 1 aromatic carbocycles. The molecule has 20 heavy (non-hydrogen) atoms. The van der Waals surface area contributed by atoms with E-state index < -0.39 is 0 Å². The van der Waals surface area contributed by atoms with Crippen LogP contribution in [0.2, 0.25) is 0 Å². The van der Waals surface area contributed by atoms with Gasteiger partial charge in [-0.3, -0.25) is 4.79 Å². The number of carbonyl (C=O) groups excluding carboxylic acids is 1. The maximum atomic E-state index is 12.6. The van der Waals surface area contributed by atoms with E-state index in [0.717, 1.165) is 19.3 Å². The van der Waals surface area contributed by atoms with Crippen LogP contribution in [-0.4, -0.2) is 42.2 Å². The van der Waals surface area contributed by atoms with E-state index in [1.165, 1.54) is 0 Å². The number of anilines is 1. The second-order valence-electron chi connectivity index (χ2n) is 5.11. The zero-order valence-corrected chi connectivity index (χ0v) is 11.8. The molecule has 1 aliphatic carbocycles. The van der Waals surface area contributed by atoms with Gasteiger partial charge in [-0.05, 0) is 37.8 Å². The zero-order chi connectivity index (χ0) is 14.5. The van der Waals surface area contributed by atoms with Gasteiger partial charge in [-0.15, -0.1) is 0 Å². The van der Waals surface area contributed by atoms with Gasteiger partial charge >= 0.3 is 0 Å². The number of amides is 1. The molecule has 0 bridgehead atoms. The first-order valence-corrected chi connectivity index (χ1v) is 7.02. The van der Waals surface area contributed by atoms with Gasteiger partial charge < -0.3 is 20.5 Å². The van der Waals surface area contributed by atoms with Gasteiger partial charge in [0.25, 0.3) is 5.91 Å². The van der Waals surface area contributed by atoms with Gasteiger partial charge in [-0.2, -0.15) is 0 Å². The van der Waals surface area contributed by atoms with E-state index in [1.54, 1.807) is 25.3 Å². The van der Waals surface area contributed by atoms with E-state index in [-0.39, 0.29) is 18.6 Å². The van der Waals surface area contributed by atoms with Gasteiger partial charge in [0.1, 0.15) is 5.75 Å². The predicted octanol–water partition coefficient (Wildman–Crippen LogP) is 1.65. The Morgan fingerprint density at radius 3 is 2.75 bits per heavy atom. The molecule has 2 rings (SSSR count). The van der Waals surface area contributed by atoms with Crippen molar-refractivity contribution in [3.05, 3.63) is 23.8 Å². The summed E-state index contributed by atoms with van der Waals surface area (Å²) in [5.74, 6) is 0.591. The molecule has 1 aliphatic rings. The van der Waals surface area contributed by atoms with Gasteiger partial charge in [0.15, 0.2) is 0 Å². The fourth-order valence-corrected chi connectivity index (χ4v) is 2.41. The van der Waals surface area contributed by atoms with Crippen molar-refractivity contribution in [2.75, 3.05) is 26.0 Å². The number of nitrogens with two attached hydrogens (primary N) is 1. The number of nitrogen functional groups attached to an aromatic ring is 1. The molecule has 0 radical (unpaired) electrons. The van der Waals surface area contributed by atoms with Gasteiger partial charge in [0, 0.05) is 30.9 Å². The van der Waals surface area contributed by atoms with Crippen molar-refractivity contribution in [3.63, 3.8) is 0 Å². The molecule has 5 heteroatoms. The first-order chi connectivity index (χ1) is 9.67. The maximum Gasteiger partial charge on any atom is 0.256 e. The van der Waals surface area contributed by atoms with Crippen molar-refractivity contribution in [3.8, 4) is 5.75 Å². The Balaban J connectivity index is 2.17. The lowest BCUT2D eigenvalue weighted by Crippen LogP contribution is -2.45. The number of aliphatic hydroxyl groups is 1. The topological polar surface area (TPSA) is 75.8 Å². The van der Waals surface area contributed by atoms with Crippen LogP contribution in [0, 0.1) is 0 Å². The number of aliphatic hydroxyl groups excluding tert-OH is 1. The minimum Gasteiger partial charge on any atom is -0.497 e. The van der Waals surface area contributed by atoms with E-state index in [1.807, 2.05) is 4.90 Å². The highest BCUT2D eigenvalue weighted by atomic mass is 16.5. The number of ether oxygens (including phenoxy) is 1. The highest BCUT2D eigenvalue weighted by Gasteiger charge is 2.29. The number of carbonyl (C=O) groups is 1. The summed E-state index contributed by atoms with van der Waals surface area (Å²) in [5, 5.41) is 8.98. The van der Waals surface area contributed by atoms with Crippen LogP contribution in [0.15, 0.2) is 18.2 Å². The number of nitrogens with zero attached hydrogens (tertiary/aromatic N) is 1. The summed E-state index contributed by atoms with van der Waals surface area (Å²) in [6, 6.07) is 5.41. The van der Waals surface area contributed by atoms with Crippen molar-refractivity contribution in [1.82, 2.24) is 4.90 Å². The smallest absolute Gasteiger partial charge is 0.256 e. The molecular weight excluding hydrogens is 256 g/mol. The monoisotopic (exact) mass is 278 g/mol. The second kappa shape index (κ2) is 6.61. The molecule has 0 aromatic heterocycles. The lowest BCUT2D eigenvalue weighted by molar-refractivity contribution is 0.0563. The van der Waals surface area contributed by atoms with Crippen molar-refractivity contribution in [1.29, 1.82) is 0 Å². The van der Waals surface area contributed by atoms with Crippen LogP contribution in [0.25, 0.3) is 0 Å². The van der Waals surface area contributed by atoms with Crippen LogP contribution >= 0.6 is 0 Å². The average molecular weight is 278 g/mol. The van der Waals surface area contributed by atoms with E-state index >= 15 is 0 Å². The second-order valence-corrected chi connectivity index (χ2v) is 5.11. The lowest BCUT2D eigenvalue weighted by Gasteiger charge is -2.37. The van der Waals surface area contributed by atoms with Crippen molar-refractivity contribution < 1.29 is 14.6 Å². The fraction of sp³-hybridized carbons (Fsp3) is 0.533. The third-order valence-electron chi connectivity index (χ3n) is 3.82. The zero-order valence-electron chi connectivity index (χ0n) is 11.8. The van der Waals surface area contributed by atoms with Crippen LogP contribution in [0.5, 0.6) is 5.75 Å². The van der Waals surface area contributed by atoms with Gasteiger partial charge in [0.2, 0.25) is 0 Å². The van der Waals surface area contributed by atoms with Crippen molar-refractivity contribution >= 4 is 11.6 Å². The number of hydrogen-bond donors (Lipinski definition) is 2.